The number of likely N-dealkylation sites (tertiary alicyclic amines) is 1. The molecule has 1 saturated carbocycles. The number of carbonyl (C=O) groups excluding carboxylic acids is 3. The van der Waals surface area contributed by atoms with Gasteiger partial charge in [-0.25, -0.2) is 4.98 Å². The molecule has 0 spiro atoms. The van der Waals surface area contributed by atoms with Gasteiger partial charge in [-0.3, -0.25) is 14.4 Å². The summed E-state index contributed by atoms with van der Waals surface area (Å²) in [6.07, 6.45) is 7.40. The van der Waals surface area contributed by atoms with E-state index in [4.69, 9.17) is 5.73 Å². The third-order valence-corrected chi connectivity index (χ3v) is 10.5. The van der Waals surface area contributed by atoms with E-state index in [1.54, 1.807) is 24.3 Å². The van der Waals surface area contributed by atoms with Crippen molar-refractivity contribution in [2.45, 2.75) is 70.8 Å². The van der Waals surface area contributed by atoms with Gasteiger partial charge in [0.2, 0.25) is 17.6 Å². The number of nitrogens with one attached hydrogen (secondary N) is 3. The summed E-state index contributed by atoms with van der Waals surface area (Å²) < 4.78 is 0. The number of anilines is 1. The number of nitrogens with zero attached hydrogens (tertiary/aromatic N) is 5. The first-order valence-electron chi connectivity index (χ1n) is 18.2. The molecule has 0 bridgehead atoms. The van der Waals surface area contributed by atoms with E-state index in [2.05, 4.69) is 48.2 Å². The van der Waals surface area contributed by atoms with Gasteiger partial charge in [0, 0.05) is 47.8 Å². The monoisotopic (exact) mass is 691 g/mol. The van der Waals surface area contributed by atoms with Gasteiger partial charge in [-0.15, -0.1) is 10.2 Å². The highest BCUT2D eigenvalue weighted by Gasteiger charge is 2.29. The summed E-state index contributed by atoms with van der Waals surface area (Å²) in [6, 6.07) is 18.1. The number of H-pyrrole nitrogens is 1. The standard InChI is InChI=1S/C39H49N9O3/c1-25-33(18-19-34(41-25)36(49)5-3-4-28-20-21-48(2)24-28)29-10-6-26(7-11-29)22-35(43-38(50)31-12-8-27(23-40)9-13-31)39(51)42-32-16-14-30(15-17-32)37-44-46-47-45-37/h6-7,10-11,14-19,27-28,31,35H,3-5,8-9,12-13,20-24,40H2,1-2H3,(H,42,51)(H,43,50)(H,44,45,46,47). The molecule has 0 radical (unpaired) electrons. The normalized spacial score (nSPS) is 19.8. The largest absolute Gasteiger partial charge is 0.344 e. The van der Waals surface area contributed by atoms with Crippen LogP contribution in [-0.4, -0.2) is 80.8 Å². The number of hydrogen-bond acceptors (Lipinski definition) is 9. The molecular formula is C39H49N9O3. The number of Topliss-reactive ketones (excluding diaryl/α,β-unsaturated/α-hetero) is 1. The predicted octanol–water partition coefficient (Wildman–Crippen LogP) is 4.97. The van der Waals surface area contributed by atoms with E-state index in [0.717, 1.165) is 79.6 Å². The fourth-order valence-corrected chi connectivity index (χ4v) is 7.39. The maximum atomic E-state index is 13.7. The van der Waals surface area contributed by atoms with Gasteiger partial charge in [-0.2, -0.15) is 5.21 Å². The molecule has 2 fully saturated rings. The second-order valence-corrected chi connectivity index (χ2v) is 14.3. The lowest BCUT2D eigenvalue weighted by atomic mass is 9.81. The third kappa shape index (κ3) is 9.50. The summed E-state index contributed by atoms with van der Waals surface area (Å²) in [7, 11) is 2.15. The quantitative estimate of drug-likeness (QED) is 0.133. The molecule has 51 heavy (non-hydrogen) atoms. The molecule has 5 N–H and O–H groups in total. The molecule has 2 unspecified atom stereocenters. The Balaban J connectivity index is 1.10. The lowest BCUT2D eigenvalue weighted by Crippen LogP contribution is -2.48. The Bertz CT molecular complexity index is 1770. The number of benzene rings is 2. The number of amides is 2. The summed E-state index contributed by atoms with van der Waals surface area (Å²) in [5, 5.41) is 20.1. The van der Waals surface area contributed by atoms with Crippen LogP contribution in [0, 0.1) is 24.7 Å². The number of ketones is 1. The van der Waals surface area contributed by atoms with Crippen LogP contribution in [0.15, 0.2) is 60.7 Å². The van der Waals surface area contributed by atoms with Gasteiger partial charge in [-0.05, 0) is 131 Å². The van der Waals surface area contributed by atoms with Crippen molar-refractivity contribution in [3.63, 3.8) is 0 Å². The average molecular weight is 692 g/mol. The fraction of sp³-hybridized carbons (Fsp3) is 0.462. The van der Waals surface area contributed by atoms with Gasteiger partial charge in [0.05, 0.1) is 0 Å². The van der Waals surface area contributed by atoms with Crippen molar-refractivity contribution in [3.8, 4) is 22.5 Å². The average Bonchev–Trinajstić information content (AvgIpc) is 3.84. The molecular weight excluding hydrogens is 642 g/mol. The molecule has 2 amide bonds. The number of pyridine rings is 1. The topological polar surface area (TPSA) is 172 Å². The molecule has 1 saturated heterocycles. The molecule has 12 nitrogen and oxygen atoms in total. The van der Waals surface area contributed by atoms with Gasteiger partial charge < -0.3 is 21.3 Å². The highest BCUT2D eigenvalue weighted by molar-refractivity contribution is 5.98. The van der Waals surface area contributed by atoms with Crippen LogP contribution in [0.2, 0.25) is 0 Å². The highest BCUT2D eigenvalue weighted by atomic mass is 16.2. The number of aromatic amines is 1. The van der Waals surface area contributed by atoms with Crippen molar-refractivity contribution in [1.82, 2.24) is 35.8 Å². The minimum atomic E-state index is -0.782. The summed E-state index contributed by atoms with van der Waals surface area (Å²) in [6.45, 7) is 4.83. The Kier molecular flexibility index (Phi) is 12.0. The van der Waals surface area contributed by atoms with Gasteiger partial charge in [-0.1, -0.05) is 30.3 Å². The third-order valence-electron chi connectivity index (χ3n) is 10.5. The summed E-state index contributed by atoms with van der Waals surface area (Å²) in [5.41, 5.74) is 11.4. The lowest BCUT2D eigenvalue weighted by Gasteiger charge is -2.28. The van der Waals surface area contributed by atoms with Crippen molar-refractivity contribution < 1.29 is 14.4 Å². The molecule has 2 aromatic heterocycles. The Morgan fingerprint density at radius 2 is 1.69 bits per heavy atom. The molecule has 1 aliphatic heterocycles. The molecule has 12 heteroatoms. The van der Waals surface area contributed by atoms with Crippen molar-refractivity contribution in [3.05, 3.63) is 77.6 Å². The van der Waals surface area contributed by atoms with Crippen LogP contribution in [0.5, 0.6) is 0 Å². The zero-order valence-corrected chi connectivity index (χ0v) is 29.6. The Labute approximate surface area is 299 Å². The second-order valence-electron chi connectivity index (χ2n) is 14.3. The minimum absolute atomic E-state index is 0.0908. The Morgan fingerprint density at radius 3 is 2.33 bits per heavy atom. The molecule has 2 atom stereocenters. The van der Waals surface area contributed by atoms with Gasteiger partial charge >= 0.3 is 0 Å². The molecule has 2 aliphatic rings. The molecule has 3 heterocycles. The molecule has 1 aliphatic carbocycles. The van der Waals surface area contributed by atoms with Gasteiger partial charge in [0.1, 0.15) is 11.7 Å². The first-order chi connectivity index (χ1) is 24.7. The lowest BCUT2D eigenvalue weighted by molar-refractivity contribution is -0.130. The minimum Gasteiger partial charge on any atom is -0.344 e. The van der Waals surface area contributed by atoms with Crippen LogP contribution in [0.1, 0.15) is 73.1 Å². The zero-order valence-electron chi connectivity index (χ0n) is 29.6. The molecule has 268 valence electrons. The number of tetrazole rings is 1. The summed E-state index contributed by atoms with van der Waals surface area (Å²) >= 11 is 0. The number of rotatable bonds is 14. The molecule has 6 rings (SSSR count). The highest BCUT2D eigenvalue weighted by Crippen LogP contribution is 2.29. The van der Waals surface area contributed by atoms with Crippen molar-refractivity contribution in [2.24, 2.45) is 23.5 Å². The van der Waals surface area contributed by atoms with E-state index >= 15 is 0 Å². The van der Waals surface area contributed by atoms with E-state index in [9.17, 15) is 14.4 Å². The summed E-state index contributed by atoms with van der Waals surface area (Å²) in [5.74, 6) is 1.15. The van der Waals surface area contributed by atoms with Gasteiger partial charge in [0.15, 0.2) is 5.78 Å². The fourth-order valence-electron chi connectivity index (χ4n) is 7.39. The van der Waals surface area contributed by atoms with E-state index in [1.165, 1.54) is 6.42 Å². The SMILES string of the molecule is Cc1nc(C(=O)CCCC2CCN(C)C2)ccc1-c1ccc(CC(NC(=O)C2CCC(CN)CC2)C(=O)Nc2ccc(-c3nn[nH]n3)cc2)cc1. The van der Waals surface area contributed by atoms with Crippen LogP contribution in [0.25, 0.3) is 22.5 Å². The van der Waals surface area contributed by atoms with Crippen molar-refractivity contribution in [2.75, 3.05) is 32.0 Å². The maximum absolute atomic E-state index is 13.7. The molecule has 2 aromatic carbocycles. The number of hydrogen-bond donors (Lipinski definition) is 4. The van der Waals surface area contributed by atoms with E-state index < -0.39 is 6.04 Å². The van der Waals surface area contributed by atoms with Crippen LogP contribution in [0.3, 0.4) is 0 Å². The summed E-state index contributed by atoms with van der Waals surface area (Å²) in [4.78, 5) is 47.1. The first kappa shape index (κ1) is 36.0. The van der Waals surface area contributed by atoms with E-state index in [-0.39, 0.29) is 23.5 Å². The van der Waals surface area contributed by atoms with Gasteiger partial charge in [0.25, 0.3) is 0 Å². The predicted molar refractivity (Wildman–Crippen MR) is 197 cm³/mol. The first-order valence-corrected chi connectivity index (χ1v) is 18.2. The smallest absolute Gasteiger partial charge is 0.247 e. The molecule has 4 aromatic rings. The zero-order chi connectivity index (χ0) is 35.7. The number of aromatic nitrogens is 5. The van der Waals surface area contributed by atoms with Crippen LogP contribution < -0.4 is 16.4 Å². The van der Waals surface area contributed by atoms with E-state index in [1.807, 2.05) is 43.3 Å². The van der Waals surface area contributed by atoms with Crippen LogP contribution >= 0.6 is 0 Å². The van der Waals surface area contributed by atoms with Crippen molar-refractivity contribution >= 4 is 23.3 Å². The Morgan fingerprint density at radius 1 is 0.941 bits per heavy atom. The second kappa shape index (κ2) is 16.9. The van der Waals surface area contributed by atoms with Crippen LogP contribution in [0.4, 0.5) is 5.69 Å². The number of nitrogens with two attached hydrogens (primary N) is 1. The van der Waals surface area contributed by atoms with E-state index in [0.29, 0.717) is 48.4 Å². The van der Waals surface area contributed by atoms with Crippen LogP contribution in [-0.2, 0) is 16.0 Å². The van der Waals surface area contributed by atoms with Crippen molar-refractivity contribution in [1.29, 1.82) is 0 Å². The Hall–Kier alpha value is -4.81. The maximum Gasteiger partial charge on any atom is 0.247 e. The number of aryl methyl sites for hydroxylation is 1. The number of carbonyl (C=O) groups is 3.